The standard InChI is InChI=1S/C16H14N2O2S/c1-2-18(16(19)20)14-10-17-8-6-12(14)13-5-3-4-11-7-9-21-15(11)13/h3-10H,2H2,1H3,(H,19,20). The van der Waals surface area contributed by atoms with Crippen LogP contribution >= 0.6 is 11.3 Å². The zero-order valence-electron chi connectivity index (χ0n) is 11.5. The van der Waals surface area contributed by atoms with E-state index in [-0.39, 0.29) is 0 Å². The fraction of sp³-hybridized carbons (Fsp3) is 0.125. The number of pyridine rings is 1. The lowest BCUT2D eigenvalue weighted by Crippen LogP contribution is -2.29. The average Bonchev–Trinajstić information content (AvgIpc) is 2.96. The first-order valence-electron chi connectivity index (χ1n) is 6.63. The Morgan fingerprint density at radius 3 is 2.90 bits per heavy atom. The van der Waals surface area contributed by atoms with Crippen LogP contribution in [0.4, 0.5) is 10.5 Å². The molecule has 1 N–H and O–H groups in total. The van der Waals surface area contributed by atoms with Crippen LogP contribution in [0, 0.1) is 0 Å². The zero-order chi connectivity index (χ0) is 14.8. The van der Waals surface area contributed by atoms with Gasteiger partial charge in [0.2, 0.25) is 0 Å². The van der Waals surface area contributed by atoms with Crippen LogP contribution in [-0.4, -0.2) is 22.7 Å². The molecule has 0 atom stereocenters. The third-order valence-corrected chi connectivity index (χ3v) is 4.37. The van der Waals surface area contributed by atoms with Crippen molar-refractivity contribution < 1.29 is 9.90 Å². The molecular weight excluding hydrogens is 284 g/mol. The van der Waals surface area contributed by atoms with E-state index in [1.54, 1.807) is 23.7 Å². The quantitative estimate of drug-likeness (QED) is 0.776. The second-order valence-electron chi connectivity index (χ2n) is 4.56. The van der Waals surface area contributed by atoms with Gasteiger partial charge in [-0.2, -0.15) is 0 Å². The molecule has 1 aromatic carbocycles. The lowest BCUT2D eigenvalue weighted by atomic mass is 10.0. The van der Waals surface area contributed by atoms with Crippen LogP contribution in [0.1, 0.15) is 6.92 Å². The van der Waals surface area contributed by atoms with Crippen molar-refractivity contribution in [2.24, 2.45) is 0 Å². The fourth-order valence-electron chi connectivity index (χ4n) is 2.44. The molecule has 0 saturated heterocycles. The van der Waals surface area contributed by atoms with Gasteiger partial charge >= 0.3 is 6.09 Å². The van der Waals surface area contributed by atoms with Gasteiger partial charge in [0.1, 0.15) is 0 Å². The summed E-state index contributed by atoms with van der Waals surface area (Å²) < 4.78 is 1.16. The van der Waals surface area contributed by atoms with Crippen LogP contribution in [0.25, 0.3) is 21.2 Å². The number of fused-ring (bicyclic) bond motifs is 1. The van der Waals surface area contributed by atoms with Crippen molar-refractivity contribution in [3.8, 4) is 11.1 Å². The molecule has 5 heteroatoms. The highest BCUT2D eigenvalue weighted by Crippen LogP contribution is 2.37. The van der Waals surface area contributed by atoms with Crippen LogP contribution < -0.4 is 4.90 Å². The second-order valence-corrected chi connectivity index (χ2v) is 5.48. The predicted octanol–water partition coefficient (Wildman–Crippen LogP) is 4.47. The molecule has 0 bridgehead atoms. The number of carboxylic acid groups (broad SMARTS) is 1. The molecule has 0 aliphatic carbocycles. The minimum absolute atomic E-state index is 0.383. The average molecular weight is 298 g/mol. The van der Waals surface area contributed by atoms with E-state index in [4.69, 9.17) is 0 Å². The van der Waals surface area contributed by atoms with Gasteiger partial charge in [0.05, 0.1) is 11.9 Å². The molecule has 0 unspecified atom stereocenters. The third-order valence-electron chi connectivity index (χ3n) is 3.41. The molecule has 0 aliphatic heterocycles. The Kier molecular flexibility index (Phi) is 3.58. The van der Waals surface area contributed by atoms with Crippen molar-refractivity contribution in [1.82, 2.24) is 4.98 Å². The summed E-state index contributed by atoms with van der Waals surface area (Å²) in [4.78, 5) is 16.8. The van der Waals surface area contributed by atoms with Crippen LogP contribution in [0.3, 0.4) is 0 Å². The van der Waals surface area contributed by atoms with E-state index < -0.39 is 6.09 Å². The highest BCUT2D eigenvalue weighted by atomic mass is 32.1. The van der Waals surface area contributed by atoms with Gasteiger partial charge in [-0.1, -0.05) is 18.2 Å². The molecule has 2 aromatic heterocycles. The van der Waals surface area contributed by atoms with Gasteiger partial charge in [0, 0.05) is 28.6 Å². The van der Waals surface area contributed by atoms with Crippen molar-refractivity contribution in [2.45, 2.75) is 6.92 Å². The number of aromatic nitrogens is 1. The van der Waals surface area contributed by atoms with Gasteiger partial charge in [0.25, 0.3) is 0 Å². The zero-order valence-corrected chi connectivity index (χ0v) is 12.3. The maximum atomic E-state index is 11.4. The van der Waals surface area contributed by atoms with E-state index in [9.17, 15) is 9.90 Å². The largest absolute Gasteiger partial charge is 0.465 e. The number of hydrogen-bond acceptors (Lipinski definition) is 3. The number of benzene rings is 1. The van der Waals surface area contributed by atoms with E-state index in [2.05, 4.69) is 17.1 Å². The lowest BCUT2D eigenvalue weighted by Gasteiger charge is -2.20. The SMILES string of the molecule is CCN(C(=O)O)c1cnccc1-c1cccc2ccsc12. The Morgan fingerprint density at radius 1 is 1.29 bits per heavy atom. The maximum absolute atomic E-state index is 11.4. The first kappa shape index (κ1) is 13.6. The Labute approximate surface area is 126 Å². The first-order valence-corrected chi connectivity index (χ1v) is 7.51. The summed E-state index contributed by atoms with van der Waals surface area (Å²) in [6, 6.07) is 10.0. The van der Waals surface area contributed by atoms with Gasteiger partial charge in [-0.25, -0.2) is 4.79 Å². The summed E-state index contributed by atoms with van der Waals surface area (Å²) >= 11 is 1.66. The van der Waals surface area contributed by atoms with Gasteiger partial charge in [-0.05, 0) is 29.8 Å². The van der Waals surface area contributed by atoms with Gasteiger partial charge < -0.3 is 5.11 Å². The number of hydrogen-bond donors (Lipinski definition) is 1. The van der Waals surface area contributed by atoms with Gasteiger partial charge in [-0.3, -0.25) is 9.88 Å². The summed E-state index contributed by atoms with van der Waals surface area (Å²) in [7, 11) is 0. The Balaban J connectivity index is 2.24. The van der Waals surface area contributed by atoms with Crippen LogP contribution in [0.2, 0.25) is 0 Å². The number of anilines is 1. The summed E-state index contributed by atoms with van der Waals surface area (Å²) in [6.45, 7) is 2.20. The number of nitrogens with zero attached hydrogens (tertiary/aromatic N) is 2. The van der Waals surface area contributed by atoms with Crippen LogP contribution in [0.15, 0.2) is 48.1 Å². The molecular formula is C16H14N2O2S. The molecule has 1 amide bonds. The summed E-state index contributed by atoms with van der Waals surface area (Å²) in [6.07, 6.45) is 2.34. The fourth-order valence-corrected chi connectivity index (χ4v) is 3.37. The predicted molar refractivity (Wildman–Crippen MR) is 86.1 cm³/mol. The van der Waals surface area contributed by atoms with Crippen molar-refractivity contribution in [3.05, 3.63) is 48.1 Å². The van der Waals surface area contributed by atoms with Crippen LogP contribution in [-0.2, 0) is 0 Å². The second kappa shape index (κ2) is 5.54. The normalized spacial score (nSPS) is 10.7. The minimum atomic E-state index is -0.967. The highest BCUT2D eigenvalue weighted by Gasteiger charge is 2.18. The molecule has 0 spiro atoms. The molecule has 0 radical (unpaired) electrons. The van der Waals surface area contributed by atoms with E-state index in [1.165, 1.54) is 10.3 Å². The molecule has 0 fully saturated rings. The van der Waals surface area contributed by atoms with E-state index in [1.807, 2.05) is 30.5 Å². The molecule has 4 nitrogen and oxygen atoms in total. The molecule has 0 aliphatic rings. The highest BCUT2D eigenvalue weighted by molar-refractivity contribution is 7.17. The Hall–Kier alpha value is -2.40. The molecule has 106 valence electrons. The van der Waals surface area contributed by atoms with Crippen molar-refractivity contribution in [1.29, 1.82) is 0 Å². The molecule has 3 aromatic rings. The van der Waals surface area contributed by atoms with Crippen molar-refractivity contribution in [2.75, 3.05) is 11.4 Å². The molecule has 21 heavy (non-hydrogen) atoms. The lowest BCUT2D eigenvalue weighted by molar-refractivity contribution is 0.202. The summed E-state index contributed by atoms with van der Waals surface area (Å²) in [5.74, 6) is 0. The van der Waals surface area contributed by atoms with E-state index >= 15 is 0 Å². The Bertz CT molecular complexity index is 798. The minimum Gasteiger partial charge on any atom is -0.465 e. The van der Waals surface area contributed by atoms with E-state index in [0.29, 0.717) is 12.2 Å². The number of rotatable bonds is 3. The molecule has 2 heterocycles. The summed E-state index contributed by atoms with van der Waals surface area (Å²) in [5.41, 5.74) is 2.55. The third kappa shape index (κ3) is 2.36. The Morgan fingerprint density at radius 2 is 2.14 bits per heavy atom. The van der Waals surface area contributed by atoms with Gasteiger partial charge in [0.15, 0.2) is 0 Å². The number of thiophene rings is 1. The number of carbonyl (C=O) groups is 1. The smallest absolute Gasteiger partial charge is 0.411 e. The van der Waals surface area contributed by atoms with E-state index in [0.717, 1.165) is 15.8 Å². The topological polar surface area (TPSA) is 53.4 Å². The number of amides is 1. The summed E-state index contributed by atoms with van der Waals surface area (Å²) in [5, 5.41) is 12.6. The molecule has 0 saturated carbocycles. The first-order chi connectivity index (χ1) is 10.2. The van der Waals surface area contributed by atoms with Crippen LogP contribution in [0.5, 0.6) is 0 Å². The molecule has 3 rings (SSSR count). The van der Waals surface area contributed by atoms with Crippen molar-refractivity contribution in [3.63, 3.8) is 0 Å². The maximum Gasteiger partial charge on any atom is 0.411 e. The van der Waals surface area contributed by atoms with Gasteiger partial charge in [-0.15, -0.1) is 11.3 Å². The van der Waals surface area contributed by atoms with Crippen molar-refractivity contribution >= 4 is 33.2 Å². The monoisotopic (exact) mass is 298 g/mol.